The van der Waals surface area contributed by atoms with Gasteiger partial charge in [-0.3, -0.25) is 9.59 Å². The molecular weight excluding hydrogens is 329 g/mol. The molecule has 1 atom stereocenters. The van der Waals surface area contributed by atoms with Crippen LogP contribution in [0, 0.1) is 0 Å². The summed E-state index contributed by atoms with van der Waals surface area (Å²) in [5.41, 5.74) is 0.443. The summed E-state index contributed by atoms with van der Waals surface area (Å²) in [7, 11) is 0. The van der Waals surface area contributed by atoms with Crippen LogP contribution in [0.2, 0.25) is 0 Å². The van der Waals surface area contributed by atoms with Crippen molar-refractivity contribution in [2.24, 2.45) is 0 Å². The number of amides is 2. The third kappa shape index (κ3) is 7.61. The Labute approximate surface area is 136 Å². The van der Waals surface area contributed by atoms with E-state index in [2.05, 4.69) is 5.32 Å². The first-order valence-electron chi connectivity index (χ1n) is 7.11. The molecule has 0 heterocycles. The number of hydrogen-bond acceptors (Lipinski definition) is 3. The molecule has 3 N–H and O–H groups in total. The highest BCUT2D eigenvalue weighted by Gasteiger charge is 2.36. The SMILES string of the molecule is O=C(CCCNC(=O)c1ccccc1)NC(CC(F)(F)F)C(=O)O. The maximum Gasteiger partial charge on any atom is 0.391 e. The summed E-state index contributed by atoms with van der Waals surface area (Å²) in [6, 6.07) is 6.33. The molecule has 0 saturated carbocycles. The molecule has 6 nitrogen and oxygen atoms in total. The van der Waals surface area contributed by atoms with E-state index in [1.54, 1.807) is 30.3 Å². The highest BCUT2D eigenvalue weighted by atomic mass is 19.4. The van der Waals surface area contributed by atoms with Crippen LogP contribution in [0.1, 0.15) is 29.6 Å². The van der Waals surface area contributed by atoms with Crippen LogP contribution in [-0.4, -0.2) is 41.7 Å². The van der Waals surface area contributed by atoms with E-state index in [4.69, 9.17) is 5.11 Å². The molecule has 2 amide bonds. The number of nitrogens with one attached hydrogen (secondary N) is 2. The Morgan fingerprint density at radius 2 is 1.75 bits per heavy atom. The van der Waals surface area contributed by atoms with Gasteiger partial charge < -0.3 is 15.7 Å². The molecule has 1 rings (SSSR count). The second-order valence-corrected chi connectivity index (χ2v) is 5.00. The monoisotopic (exact) mass is 346 g/mol. The van der Waals surface area contributed by atoms with Gasteiger partial charge in [-0.1, -0.05) is 18.2 Å². The third-order valence-corrected chi connectivity index (χ3v) is 2.97. The predicted molar refractivity (Wildman–Crippen MR) is 78.2 cm³/mol. The fourth-order valence-corrected chi connectivity index (χ4v) is 1.84. The normalized spacial score (nSPS) is 12.3. The minimum atomic E-state index is -4.69. The Kier molecular flexibility index (Phi) is 7.22. The van der Waals surface area contributed by atoms with E-state index in [-0.39, 0.29) is 25.3 Å². The van der Waals surface area contributed by atoms with E-state index in [1.807, 2.05) is 5.32 Å². The highest BCUT2D eigenvalue weighted by Crippen LogP contribution is 2.21. The smallest absolute Gasteiger partial charge is 0.391 e. The van der Waals surface area contributed by atoms with Gasteiger partial charge >= 0.3 is 12.1 Å². The van der Waals surface area contributed by atoms with E-state index in [1.165, 1.54) is 0 Å². The lowest BCUT2D eigenvalue weighted by Gasteiger charge is -2.16. The zero-order valence-corrected chi connectivity index (χ0v) is 12.6. The van der Waals surface area contributed by atoms with Crippen molar-refractivity contribution in [3.05, 3.63) is 35.9 Å². The van der Waals surface area contributed by atoms with Crippen molar-refractivity contribution < 1.29 is 32.7 Å². The van der Waals surface area contributed by atoms with Crippen LogP contribution in [0.5, 0.6) is 0 Å². The van der Waals surface area contributed by atoms with Crippen molar-refractivity contribution in [2.45, 2.75) is 31.5 Å². The van der Waals surface area contributed by atoms with Crippen molar-refractivity contribution in [3.8, 4) is 0 Å². The molecule has 1 aromatic carbocycles. The molecule has 9 heteroatoms. The molecule has 0 aliphatic carbocycles. The van der Waals surface area contributed by atoms with Gasteiger partial charge in [0.1, 0.15) is 6.04 Å². The topological polar surface area (TPSA) is 95.5 Å². The van der Waals surface area contributed by atoms with Gasteiger partial charge in [-0.05, 0) is 18.6 Å². The number of benzene rings is 1. The number of carboxylic acids is 1. The Morgan fingerprint density at radius 3 is 2.29 bits per heavy atom. The largest absolute Gasteiger partial charge is 0.480 e. The first-order chi connectivity index (χ1) is 11.2. The zero-order chi connectivity index (χ0) is 18.2. The second-order valence-electron chi connectivity index (χ2n) is 5.00. The number of rotatable bonds is 8. The van der Waals surface area contributed by atoms with Crippen LogP contribution in [0.4, 0.5) is 13.2 Å². The summed E-state index contributed by atoms with van der Waals surface area (Å²) < 4.78 is 36.6. The molecule has 0 spiro atoms. The van der Waals surface area contributed by atoms with E-state index in [9.17, 15) is 27.6 Å². The van der Waals surface area contributed by atoms with Crippen molar-refractivity contribution in [2.75, 3.05) is 6.54 Å². The van der Waals surface area contributed by atoms with Crippen LogP contribution >= 0.6 is 0 Å². The fourth-order valence-electron chi connectivity index (χ4n) is 1.84. The first kappa shape index (κ1) is 19.5. The minimum absolute atomic E-state index is 0.137. The number of hydrogen-bond donors (Lipinski definition) is 3. The molecule has 132 valence electrons. The molecule has 24 heavy (non-hydrogen) atoms. The van der Waals surface area contributed by atoms with Crippen LogP contribution in [-0.2, 0) is 9.59 Å². The fraction of sp³-hybridized carbons (Fsp3) is 0.400. The average Bonchev–Trinajstić information content (AvgIpc) is 2.50. The molecule has 0 aliphatic heterocycles. The summed E-state index contributed by atoms with van der Waals surface area (Å²) in [5.74, 6) is -2.91. The molecule has 0 radical (unpaired) electrons. The Balaban J connectivity index is 2.32. The number of alkyl halides is 3. The molecule has 0 aromatic heterocycles. The lowest BCUT2D eigenvalue weighted by Crippen LogP contribution is -2.43. The van der Waals surface area contributed by atoms with Gasteiger partial charge in [-0.2, -0.15) is 13.2 Å². The number of halogens is 3. The number of carbonyl (C=O) groups is 3. The third-order valence-electron chi connectivity index (χ3n) is 2.97. The zero-order valence-electron chi connectivity index (χ0n) is 12.6. The average molecular weight is 346 g/mol. The quantitative estimate of drug-likeness (QED) is 0.625. The van der Waals surface area contributed by atoms with E-state index >= 15 is 0 Å². The maximum absolute atomic E-state index is 12.2. The Hall–Kier alpha value is -2.58. The van der Waals surface area contributed by atoms with Gasteiger partial charge in [0.25, 0.3) is 5.91 Å². The molecule has 1 aromatic rings. The van der Waals surface area contributed by atoms with Crippen LogP contribution in [0.25, 0.3) is 0 Å². The van der Waals surface area contributed by atoms with Crippen LogP contribution < -0.4 is 10.6 Å². The van der Waals surface area contributed by atoms with Crippen molar-refractivity contribution in [1.29, 1.82) is 0 Å². The van der Waals surface area contributed by atoms with Crippen LogP contribution in [0.15, 0.2) is 30.3 Å². The maximum atomic E-state index is 12.2. The number of carbonyl (C=O) groups excluding carboxylic acids is 2. The van der Waals surface area contributed by atoms with Crippen molar-refractivity contribution in [3.63, 3.8) is 0 Å². The Bertz CT molecular complexity index is 576. The lowest BCUT2D eigenvalue weighted by molar-refractivity contribution is -0.160. The number of carboxylic acid groups (broad SMARTS) is 1. The molecule has 1 unspecified atom stereocenters. The molecule has 0 bridgehead atoms. The minimum Gasteiger partial charge on any atom is -0.480 e. The number of aliphatic carboxylic acids is 1. The first-order valence-corrected chi connectivity index (χ1v) is 7.11. The van der Waals surface area contributed by atoms with E-state index in [0.717, 1.165) is 0 Å². The van der Waals surface area contributed by atoms with Crippen molar-refractivity contribution >= 4 is 17.8 Å². The summed E-state index contributed by atoms with van der Waals surface area (Å²) in [6.45, 7) is 0.137. The van der Waals surface area contributed by atoms with Gasteiger partial charge in [0.05, 0.1) is 6.42 Å². The molecular formula is C15H17F3N2O4. The van der Waals surface area contributed by atoms with Gasteiger partial charge in [0, 0.05) is 18.5 Å². The Morgan fingerprint density at radius 1 is 1.12 bits per heavy atom. The van der Waals surface area contributed by atoms with Crippen molar-refractivity contribution in [1.82, 2.24) is 10.6 Å². The summed E-state index contributed by atoms with van der Waals surface area (Å²) in [4.78, 5) is 33.9. The second kappa shape index (κ2) is 8.90. The van der Waals surface area contributed by atoms with Crippen LogP contribution in [0.3, 0.4) is 0 Å². The summed E-state index contributed by atoms with van der Waals surface area (Å²) in [5, 5.41) is 13.1. The highest BCUT2D eigenvalue weighted by molar-refractivity contribution is 5.94. The van der Waals surface area contributed by atoms with E-state index < -0.39 is 30.5 Å². The lowest BCUT2D eigenvalue weighted by atomic mass is 10.2. The summed E-state index contributed by atoms with van der Waals surface area (Å²) in [6.07, 6.45) is -6.36. The summed E-state index contributed by atoms with van der Waals surface area (Å²) >= 11 is 0. The predicted octanol–water partition coefficient (Wildman–Crippen LogP) is 1.72. The van der Waals surface area contributed by atoms with Gasteiger partial charge in [0.15, 0.2) is 0 Å². The van der Waals surface area contributed by atoms with Gasteiger partial charge in [-0.25, -0.2) is 4.79 Å². The molecule has 0 aliphatic rings. The molecule has 0 fully saturated rings. The van der Waals surface area contributed by atoms with E-state index in [0.29, 0.717) is 5.56 Å². The van der Waals surface area contributed by atoms with Gasteiger partial charge in [0.2, 0.25) is 5.91 Å². The standard InChI is InChI=1S/C15H17F3N2O4/c16-15(17,18)9-11(14(23)24)20-12(21)7-4-8-19-13(22)10-5-2-1-3-6-10/h1-3,5-6,11H,4,7-9H2,(H,19,22)(H,20,21)(H,23,24). The van der Waals surface area contributed by atoms with Gasteiger partial charge in [-0.15, -0.1) is 0 Å². The molecule has 0 saturated heterocycles.